The summed E-state index contributed by atoms with van der Waals surface area (Å²) in [6.07, 6.45) is 0. The van der Waals surface area contributed by atoms with Gasteiger partial charge in [0.25, 0.3) is 0 Å². The summed E-state index contributed by atoms with van der Waals surface area (Å²) in [6, 6.07) is 85.0. The summed E-state index contributed by atoms with van der Waals surface area (Å²) in [4.78, 5) is 2.35. The first kappa shape index (κ1) is 35.2. The van der Waals surface area contributed by atoms with Crippen molar-refractivity contribution in [3.05, 3.63) is 237 Å². The summed E-state index contributed by atoms with van der Waals surface area (Å²) >= 11 is 0. The Kier molecular flexibility index (Phi) is 8.87. The molecule has 0 aliphatic heterocycles. The summed E-state index contributed by atoms with van der Waals surface area (Å²) in [5, 5.41) is 4.77. The zero-order chi connectivity index (χ0) is 39.8. The zero-order valence-corrected chi connectivity index (χ0v) is 32.9. The van der Waals surface area contributed by atoms with Gasteiger partial charge in [0.05, 0.1) is 0 Å². The summed E-state index contributed by atoms with van der Waals surface area (Å²) in [6.45, 7) is 0. The molecule has 282 valence electrons. The average molecular weight is 766 g/mol. The molecule has 0 saturated carbocycles. The van der Waals surface area contributed by atoms with Crippen molar-refractivity contribution in [2.24, 2.45) is 0 Å². The van der Waals surface area contributed by atoms with Crippen LogP contribution in [-0.2, 0) is 0 Å². The third kappa shape index (κ3) is 6.70. The van der Waals surface area contributed by atoms with Crippen molar-refractivity contribution < 1.29 is 4.42 Å². The maximum absolute atomic E-state index is 6.16. The lowest BCUT2D eigenvalue weighted by atomic mass is 9.98. The van der Waals surface area contributed by atoms with E-state index in [2.05, 4.69) is 229 Å². The van der Waals surface area contributed by atoms with Gasteiger partial charge >= 0.3 is 0 Å². The van der Waals surface area contributed by atoms with Crippen LogP contribution in [0.4, 0.5) is 17.1 Å². The molecule has 1 heterocycles. The maximum atomic E-state index is 6.16. The Morgan fingerprint density at radius 1 is 0.233 bits per heavy atom. The van der Waals surface area contributed by atoms with Crippen LogP contribution < -0.4 is 4.90 Å². The Morgan fingerprint density at radius 2 is 0.667 bits per heavy atom. The van der Waals surface area contributed by atoms with Crippen LogP contribution in [-0.4, -0.2) is 0 Å². The fourth-order valence-corrected chi connectivity index (χ4v) is 8.49. The largest absolute Gasteiger partial charge is 0.456 e. The molecule has 0 N–H and O–H groups in total. The summed E-state index contributed by atoms with van der Waals surface area (Å²) in [7, 11) is 0. The molecule has 0 radical (unpaired) electrons. The van der Waals surface area contributed by atoms with Crippen molar-refractivity contribution in [1.82, 2.24) is 0 Å². The number of anilines is 3. The van der Waals surface area contributed by atoms with E-state index in [0.717, 1.165) is 50.1 Å². The molecular formula is C58H39NO. The predicted molar refractivity (Wildman–Crippen MR) is 253 cm³/mol. The monoisotopic (exact) mass is 765 g/mol. The second-order valence-electron chi connectivity index (χ2n) is 15.4. The molecule has 0 aliphatic carbocycles. The number of hydrogen-bond donors (Lipinski definition) is 0. The molecule has 0 fully saturated rings. The summed E-state index contributed by atoms with van der Waals surface area (Å²) in [5.41, 5.74) is 16.9. The van der Waals surface area contributed by atoms with E-state index in [-0.39, 0.29) is 0 Å². The topological polar surface area (TPSA) is 16.4 Å². The number of fused-ring (bicyclic) bond motifs is 4. The van der Waals surface area contributed by atoms with Crippen molar-refractivity contribution in [2.45, 2.75) is 0 Å². The van der Waals surface area contributed by atoms with Crippen LogP contribution in [0.2, 0.25) is 0 Å². The van der Waals surface area contributed by atoms with Crippen LogP contribution in [0.3, 0.4) is 0 Å². The molecule has 0 amide bonds. The highest BCUT2D eigenvalue weighted by molar-refractivity contribution is 6.06. The lowest BCUT2D eigenvalue weighted by Gasteiger charge is -2.26. The lowest BCUT2D eigenvalue weighted by molar-refractivity contribution is 0.669. The van der Waals surface area contributed by atoms with E-state index in [0.29, 0.717) is 0 Å². The van der Waals surface area contributed by atoms with E-state index in [9.17, 15) is 0 Å². The molecule has 1 aromatic heterocycles. The summed E-state index contributed by atoms with van der Waals surface area (Å²) < 4.78 is 6.16. The van der Waals surface area contributed by atoms with Gasteiger partial charge in [0.1, 0.15) is 11.2 Å². The van der Waals surface area contributed by atoms with Crippen LogP contribution >= 0.6 is 0 Å². The van der Waals surface area contributed by atoms with Crippen molar-refractivity contribution in [3.8, 4) is 55.6 Å². The summed E-state index contributed by atoms with van der Waals surface area (Å²) in [5.74, 6) is 0. The number of nitrogens with zero attached hydrogens (tertiary/aromatic N) is 1. The molecule has 10 aromatic carbocycles. The highest BCUT2D eigenvalue weighted by atomic mass is 16.3. The Labute approximate surface area is 349 Å². The molecule has 0 bridgehead atoms. The predicted octanol–water partition coefficient (Wildman–Crippen LogP) is 16.5. The number of benzene rings is 10. The van der Waals surface area contributed by atoms with Crippen LogP contribution in [0.15, 0.2) is 241 Å². The molecule has 0 saturated heterocycles. The van der Waals surface area contributed by atoms with E-state index < -0.39 is 0 Å². The van der Waals surface area contributed by atoms with Gasteiger partial charge in [0.2, 0.25) is 0 Å². The third-order valence-electron chi connectivity index (χ3n) is 11.7. The van der Waals surface area contributed by atoms with E-state index in [1.165, 1.54) is 55.3 Å². The van der Waals surface area contributed by atoms with Crippen molar-refractivity contribution >= 4 is 49.8 Å². The van der Waals surface area contributed by atoms with Crippen molar-refractivity contribution in [2.75, 3.05) is 4.90 Å². The molecule has 11 rings (SSSR count). The first-order valence-corrected chi connectivity index (χ1v) is 20.5. The highest BCUT2D eigenvalue weighted by Gasteiger charge is 2.16. The van der Waals surface area contributed by atoms with Gasteiger partial charge in [-0.15, -0.1) is 0 Å². The highest BCUT2D eigenvalue weighted by Crippen LogP contribution is 2.40. The first-order chi connectivity index (χ1) is 29.7. The molecule has 0 atom stereocenters. The number of para-hydroxylation sites is 1. The minimum atomic E-state index is 0.899. The smallest absolute Gasteiger partial charge is 0.135 e. The SMILES string of the molecule is c1ccc(-c2ccc(-c3ccc(N(c4ccc(-c5ccc(-c6ccc7ccccc7c6)cc5)cc4)c4cccc(-c5ccc6oc7ccccc7c6c5)c4)cc3)cc2)cc1. The molecule has 2 nitrogen and oxygen atoms in total. The molecule has 2 heteroatoms. The van der Waals surface area contributed by atoms with E-state index in [1.807, 2.05) is 12.1 Å². The Morgan fingerprint density at radius 3 is 1.32 bits per heavy atom. The van der Waals surface area contributed by atoms with Crippen LogP contribution in [0.5, 0.6) is 0 Å². The second-order valence-corrected chi connectivity index (χ2v) is 15.4. The lowest BCUT2D eigenvalue weighted by Crippen LogP contribution is -2.10. The molecule has 0 unspecified atom stereocenters. The molecule has 11 aromatic rings. The third-order valence-corrected chi connectivity index (χ3v) is 11.7. The van der Waals surface area contributed by atoms with Gasteiger partial charge in [-0.05, 0) is 127 Å². The molecule has 60 heavy (non-hydrogen) atoms. The van der Waals surface area contributed by atoms with Gasteiger partial charge in [-0.25, -0.2) is 0 Å². The van der Waals surface area contributed by atoms with Gasteiger partial charge in [-0.1, -0.05) is 176 Å². The van der Waals surface area contributed by atoms with E-state index in [4.69, 9.17) is 4.42 Å². The van der Waals surface area contributed by atoms with E-state index >= 15 is 0 Å². The number of hydrogen-bond acceptors (Lipinski definition) is 2. The zero-order valence-electron chi connectivity index (χ0n) is 32.9. The fourth-order valence-electron chi connectivity index (χ4n) is 8.49. The van der Waals surface area contributed by atoms with Crippen molar-refractivity contribution in [1.29, 1.82) is 0 Å². The normalized spacial score (nSPS) is 11.3. The first-order valence-electron chi connectivity index (χ1n) is 20.5. The van der Waals surface area contributed by atoms with Gasteiger partial charge < -0.3 is 9.32 Å². The molecule has 0 aliphatic rings. The van der Waals surface area contributed by atoms with Gasteiger partial charge in [-0.3, -0.25) is 0 Å². The standard InChI is InChI=1S/C58H39NO/c1-2-9-40(10-3-1)42-17-19-43(20-18-42)45-27-32-52(33-28-45)59(54-14-8-13-49(38-54)51-31-36-58-56(39-51)55-15-6-7-16-57(55)60-58)53-34-29-46(30-35-53)44-21-23-47(24-22-44)50-26-25-41-11-4-5-12-48(41)37-50/h1-39H. The Bertz CT molecular complexity index is 3270. The van der Waals surface area contributed by atoms with Gasteiger partial charge in [-0.2, -0.15) is 0 Å². The number of rotatable bonds is 8. The van der Waals surface area contributed by atoms with Crippen molar-refractivity contribution in [3.63, 3.8) is 0 Å². The van der Waals surface area contributed by atoms with Gasteiger partial charge in [0, 0.05) is 27.8 Å². The van der Waals surface area contributed by atoms with Gasteiger partial charge in [0.15, 0.2) is 0 Å². The Hall–Kier alpha value is -7.94. The average Bonchev–Trinajstić information content (AvgIpc) is 3.71. The Balaban J connectivity index is 0.936. The minimum Gasteiger partial charge on any atom is -0.456 e. The van der Waals surface area contributed by atoms with Crippen LogP contribution in [0.1, 0.15) is 0 Å². The minimum absolute atomic E-state index is 0.899. The van der Waals surface area contributed by atoms with Crippen LogP contribution in [0.25, 0.3) is 88.3 Å². The number of furan rings is 1. The maximum Gasteiger partial charge on any atom is 0.135 e. The quantitative estimate of drug-likeness (QED) is 0.153. The molecule has 0 spiro atoms. The van der Waals surface area contributed by atoms with Crippen LogP contribution in [0, 0.1) is 0 Å². The van der Waals surface area contributed by atoms with E-state index in [1.54, 1.807) is 0 Å². The second kappa shape index (κ2) is 15.1. The fraction of sp³-hybridized carbons (Fsp3) is 0. The molecular weight excluding hydrogens is 727 g/mol.